The zero-order valence-electron chi connectivity index (χ0n) is 9.75. The van der Waals surface area contributed by atoms with Gasteiger partial charge in [0.05, 0.1) is 0 Å². The third kappa shape index (κ3) is 2.28. The third-order valence-corrected chi connectivity index (χ3v) is 3.54. The highest BCUT2D eigenvalue weighted by Gasteiger charge is 2.44. The highest BCUT2D eigenvalue weighted by molar-refractivity contribution is 5.35. The number of nitrogens with one attached hydrogen (secondary N) is 1. The van der Waals surface area contributed by atoms with Crippen LogP contribution in [0.5, 0.6) is 0 Å². The van der Waals surface area contributed by atoms with Gasteiger partial charge in [-0.15, -0.1) is 0 Å². The first-order valence-corrected chi connectivity index (χ1v) is 5.65. The summed E-state index contributed by atoms with van der Waals surface area (Å²) in [5.74, 6) is 1.71. The molecule has 0 amide bonds. The molecular weight excluding hydrogens is 186 g/mol. The molecule has 0 atom stereocenters. The minimum Gasteiger partial charge on any atom is -0.369 e. The molecule has 2 rings (SSSR count). The van der Waals surface area contributed by atoms with Crippen LogP contribution in [-0.2, 0) is 0 Å². The summed E-state index contributed by atoms with van der Waals surface area (Å²) in [7, 11) is 0. The summed E-state index contributed by atoms with van der Waals surface area (Å²) in [6.07, 6.45) is 4.32. The lowest BCUT2D eigenvalue weighted by Crippen LogP contribution is -2.21. The molecule has 1 aromatic heterocycles. The highest BCUT2D eigenvalue weighted by Crippen LogP contribution is 2.51. The maximum Gasteiger partial charge on any atom is 0.129 e. The molecule has 0 aliphatic heterocycles. The van der Waals surface area contributed by atoms with Crippen LogP contribution < -0.4 is 5.32 Å². The Balaban J connectivity index is 1.94. The Bertz CT molecular complexity index is 342. The lowest BCUT2D eigenvalue weighted by molar-refractivity contribution is 0.380. The number of hydrogen-bond acceptors (Lipinski definition) is 3. The SMILES string of the molecule is Cc1cc(NCC2(C(C)C)CC2)ncn1. The van der Waals surface area contributed by atoms with Gasteiger partial charge in [-0.1, -0.05) is 13.8 Å². The van der Waals surface area contributed by atoms with E-state index in [1.54, 1.807) is 6.33 Å². The van der Waals surface area contributed by atoms with Crippen LogP contribution in [0.4, 0.5) is 5.82 Å². The van der Waals surface area contributed by atoms with Crippen LogP contribution in [0.1, 0.15) is 32.4 Å². The van der Waals surface area contributed by atoms with Gasteiger partial charge in [0.1, 0.15) is 12.1 Å². The summed E-state index contributed by atoms with van der Waals surface area (Å²) in [6.45, 7) is 7.64. The molecule has 0 aromatic carbocycles. The fraction of sp³-hybridized carbons (Fsp3) is 0.667. The first kappa shape index (κ1) is 10.4. The second kappa shape index (κ2) is 3.80. The van der Waals surface area contributed by atoms with E-state index in [1.165, 1.54) is 12.8 Å². The second-order valence-corrected chi connectivity index (χ2v) is 4.92. The van der Waals surface area contributed by atoms with Crippen molar-refractivity contribution >= 4 is 5.82 Å². The molecule has 0 unspecified atom stereocenters. The van der Waals surface area contributed by atoms with Gasteiger partial charge in [-0.05, 0) is 31.1 Å². The van der Waals surface area contributed by atoms with E-state index in [0.717, 1.165) is 24.0 Å². The Hall–Kier alpha value is -1.12. The average Bonchev–Trinajstić information content (AvgIpc) is 2.96. The van der Waals surface area contributed by atoms with E-state index in [9.17, 15) is 0 Å². The van der Waals surface area contributed by atoms with E-state index in [0.29, 0.717) is 5.41 Å². The van der Waals surface area contributed by atoms with Crippen molar-refractivity contribution in [2.45, 2.75) is 33.6 Å². The largest absolute Gasteiger partial charge is 0.369 e. The molecule has 0 saturated heterocycles. The topological polar surface area (TPSA) is 37.8 Å². The molecule has 1 heterocycles. The van der Waals surface area contributed by atoms with Crippen molar-refractivity contribution in [1.82, 2.24) is 9.97 Å². The maximum absolute atomic E-state index is 4.21. The van der Waals surface area contributed by atoms with Crippen LogP contribution in [0.15, 0.2) is 12.4 Å². The first-order valence-electron chi connectivity index (χ1n) is 5.65. The number of rotatable bonds is 4. The Labute approximate surface area is 91.3 Å². The molecule has 0 radical (unpaired) electrons. The fourth-order valence-electron chi connectivity index (χ4n) is 1.94. The molecule has 1 N–H and O–H groups in total. The van der Waals surface area contributed by atoms with E-state index < -0.39 is 0 Å². The minimum atomic E-state index is 0.527. The van der Waals surface area contributed by atoms with Crippen molar-refractivity contribution in [2.75, 3.05) is 11.9 Å². The number of aryl methyl sites for hydroxylation is 1. The summed E-state index contributed by atoms with van der Waals surface area (Å²) in [5.41, 5.74) is 1.54. The van der Waals surface area contributed by atoms with Crippen LogP contribution in [-0.4, -0.2) is 16.5 Å². The van der Waals surface area contributed by atoms with Crippen molar-refractivity contribution in [2.24, 2.45) is 11.3 Å². The van der Waals surface area contributed by atoms with Crippen LogP contribution in [0.2, 0.25) is 0 Å². The quantitative estimate of drug-likeness (QED) is 0.821. The Morgan fingerprint density at radius 2 is 2.13 bits per heavy atom. The van der Waals surface area contributed by atoms with Gasteiger partial charge in [0.2, 0.25) is 0 Å². The van der Waals surface area contributed by atoms with Gasteiger partial charge in [0.15, 0.2) is 0 Å². The molecule has 1 saturated carbocycles. The zero-order valence-corrected chi connectivity index (χ0v) is 9.75. The van der Waals surface area contributed by atoms with Gasteiger partial charge in [-0.3, -0.25) is 0 Å². The highest BCUT2D eigenvalue weighted by atomic mass is 15.0. The Kier molecular flexibility index (Phi) is 2.63. The normalized spacial score (nSPS) is 17.9. The van der Waals surface area contributed by atoms with E-state index in [2.05, 4.69) is 29.1 Å². The summed E-state index contributed by atoms with van der Waals surface area (Å²) < 4.78 is 0. The van der Waals surface area contributed by atoms with Crippen molar-refractivity contribution in [3.8, 4) is 0 Å². The van der Waals surface area contributed by atoms with Gasteiger partial charge in [-0.25, -0.2) is 9.97 Å². The summed E-state index contributed by atoms with van der Waals surface area (Å²) in [4.78, 5) is 8.29. The Morgan fingerprint density at radius 1 is 1.40 bits per heavy atom. The smallest absolute Gasteiger partial charge is 0.129 e. The van der Waals surface area contributed by atoms with E-state index in [4.69, 9.17) is 0 Å². The monoisotopic (exact) mass is 205 g/mol. The van der Waals surface area contributed by atoms with Crippen LogP contribution in [0, 0.1) is 18.3 Å². The first-order chi connectivity index (χ1) is 7.12. The van der Waals surface area contributed by atoms with Crippen molar-refractivity contribution < 1.29 is 0 Å². The molecule has 1 aliphatic rings. The van der Waals surface area contributed by atoms with E-state index in [1.807, 2.05) is 13.0 Å². The molecule has 1 aliphatic carbocycles. The summed E-state index contributed by atoms with van der Waals surface area (Å²) >= 11 is 0. The van der Waals surface area contributed by atoms with Gasteiger partial charge in [0.25, 0.3) is 0 Å². The second-order valence-electron chi connectivity index (χ2n) is 4.92. The maximum atomic E-state index is 4.21. The zero-order chi connectivity index (χ0) is 10.9. The molecule has 3 nitrogen and oxygen atoms in total. The molecule has 0 spiro atoms. The molecule has 0 bridgehead atoms. The van der Waals surface area contributed by atoms with E-state index in [-0.39, 0.29) is 0 Å². The molecular formula is C12H19N3. The standard InChI is InChI=1S/C12H19N3/c1-9(2)12(4-5-12)7-13-11-6-10(3)14-8-15-11/h6,8-9H,4-5,7H2,1-3H3,(H,13,14,15). The summed E-state index contributed by atoms with van der Waals surface area (Å²) in [5, 5.41) is 3.42. The lowest BCUT2D eigenvalue weighted by Gasteiger charge is -2.20. The van der Waals surface area contributed by atoms with E-state index >= 15 is 0 Å². The van der Waals surface area contributed by atoms with Gasteiger partial charge in [0, 0.05) is 18.3 Å². The Morgan fingerprint density at radius 3 is 2.67 bits per heavy atom. The predicted octanol–water partition coefficient (Wildman–Crippen LogP) is 2.63. The number of aromatic nitrogens is 2. The van der Waals surface area contributed by atoms with Gasteiger partial charge in [-0.2, -0.15) is 0 Å². The van der Waals surface area contributed by atoms with Crippen LogP contribution >= 0.6 is 0 Å². The molecule has 1 aromatic rings. The third-order valence-electron chi connectivity index (χ3n) is 3.54. The number of hydrogen-bond donors (Lipinski definition) is 1. The van der Waals surface area contributed by atoms with Gasteiger partial charge >= 0.3 is 0 Å². The fourth-order valence-corrected chi connectivity index (χ4v) is 1.94. The molecule has 15 heavy (non-hydrogen) atoms. The molecule has 1 fully saturated rings. The van der Waals surface area contributed by atoms with Crippen LogP contribution in [0.25, 0.3) is 0 Å². The van der Waals surface area contributed by atoms with Crippen LogP contribution in [0.3, 0.4) is 0 Å². The van der Waals surface area contributed by atoms with Crippen molar-refractivity contribution in [3.63, 3.8) is 0 Å². The van der Waals surface area contributed by atoms with Crippen molar-refractivity contribution in [1.29, 1.82) is 0 Å². The minimum absolute atomic E-state index is 0.527. The number of nitrogens with zero attached hydrogens (tertiary/aromatic N) is 2. The van der Waals surface area contributed by atoms with Gasteiger partial charge < -0.3 is 5.32 Å². The molecule has 3 heteroatoms. The molecule has 82 valence electrons. The summed E-state index contributed by atoms with van der Waals surface area (Å²) in [6, 6.07) is 2.00. The number of anilines is 1. The predicted molar refractivity (Wildman–Crippen MR) is 61.8 cm³/mol. The average molecular weight is 205 g/mol. The van der Waals surface area contributed by atoms with Crippen molar-refractivity contribution in [3.05, 3.63) is 18.1 Å². The lowest BCUT2D eigenvalue weighted by atomic mass is 9.92.